The summed E-state index contributed by atoms with van der Waals surface area (Å²) in [6.07, 6.45) is 0. The van der Waals surface area contributed by atoms with E-state index in [0.717, 1.165) is 72.4 Å². The van der Waals surface area contributed by atoms with Crippen molar-refractivity contribution in [3.05, 3.63) is 301 Å². The summed E-state index contributed by atoms with van der Waals surface area (Å²) in [6.45, 7) is 0. The lowest BCUT2D eigenvalue weighted by atomic mass is 9.65. The van der Waals surface area contributed by atoms with Crippen molar-refractivity contribution in [2.24, 2.45) is 0 Å². The number of rotatable bonds is 7. The van der Waals surface area contributed by atoms with E-state index in [2.05, 4.69) is 282 Å². The Bertz CT molecular complexity index is 4650. The number of benzene rings is 12. The molecule has 2 aromatic heterocycles. The van der Waals surface area contributed by atoms with Crippen molar-refractivity contribution in [3.8, 4) is 61.3 Å². The molecule has 0 amide bonds. The summed E-state index contributed by atoms with van der Waals surface area (Å²) < 4.78 is 9.10. The van der Waals surface area contributed by atoms with Crippen molar-refractivity contribution in [2.45, 2.75) is 5.41 Å². The molecule has 0 radical (unpaired) electrons. The molecule has 1 aliphatic heterocycles. The molecule has 1 unspecified atom stereocenters. The third-order valence-electron chi connectivity index (χ3n) is 16.4. The second kappa shape index (κ2) is 16.5. The fourth-order valence-electron chi connectivity index (χ4n) is 13.2. The van der Waals surface area contributed by atoms with E-state index >= 15 is 0 Å². The summed E-state index contributed by atoms with van der Waals surface area (Å²) in [5, 5.41) is 4.79. The molecule has 3 heterocycles. The SMILES string of the molecule is c1ccc(-c2cccc(-c3ccccc3N(c3ccc(-c4cccc5c4oc4ccccc45)cc3)c3ccccc3-c3ccc4c(c3)C3(c5ccccc5-4)c4ccccc4-n4c5ccccc5c5cccc3c54)c2)cc1. The van der Waals surface area contributed by atoms with Crippen LogP contribution in [0.4, 0.5) is 17.1 Å². The molecule has 16 rings (SSSR count). The molecule has 354 valence electrons. The first kappa shape index (κ1) is 42.5. The summed E-state index contributed by atoms with van der Waals surface area (Å²) in [5.74, 6) is 0. The van der Waals surface area contributed by atoms with E-state index in [1.165, 1.54) is 72.0 Å². The summed E-state index contributed by atoms with van der Waals surface area (Å²) in [7, 11) is 0. The molecule has 1 aliphatic carbocycles. The average Bonchev–Trinajstić information content (AvgIpc) is 4.35. The molecule has 0 bridgehead atoms. The van der Waals surface area contributed by atoms with Gasteiger partial charge in [-0.25, -0.2) is 0 Å². The highest BCUT2D eigenvalue weighted by atomic mass is 16.3. The van der Waals surface area contributed by atoms with Crippen LogP contribution in [0.5, 0.6) is 0 Å². The Balaban J connectivity index is 0.917. The van der Waals surface area contributed by atoms with Gasteiger partial charge in [0.05, 0.1) is 33.5 Å². The third-order valence-corrected chi connectivity index (χ3v) is 16.4. The molecule has 3 heteroatoms. The molecule has 0 saturated carbocycles. The lowest BCUT2D eigenvalue weighted by Gasteiger charge is -2.39. The predicted octanol–water partition coefficient (Wildman–Crippen LogP) is 19.5. The van der Waals surface area contributed by atoms with Gasteiger partial charge in [-0.15, -0.1) is 0 Å². The Kier molecular flexibility index (Phi) is 9.25. The van der Waals surface area contributed by atoms with Gasteiger partial charge in [-0.2, -0.15) is 0 Å². The minimum absolute atomic E-state index is 0.577. The van der Waals surface area contributed by atoms with Crippen LogP contribution in [0.25, 0.3) is 105 Å². The molecule has 0 saturated heterocycles. The highest BCUT2D eigenvalue weighted by molar-refractivity contribution is 6.13. The average molecular weight is 967 g/mol. The lowest BCUT2D eigenvalue weighted by Crippen LogP contribution is -2.33. The number of para-hydroxylation sites is 7. The van der Waals surface area contributed by atoms with Gasteiger partial charge in [0.15, 0.2) is 0 Å². The Morgan fingerprint density at radius 1 is 0.316 bits per heavy atom. The molecular formula is C73H46N2O. The summed E-state index contributed by atoms with van der Waals surface area (Å²) in [5.41, 5.74) is 25.0. The summed E-state index contributed by atoms with van der Waals surface area (Å²) in [4.78, 5) is 2.47. The van der Waals surface area contributed by atoms with Gasteiger partial charge in [0.1, 0.15) is 11.2 Å². The van der Waals surface area contributed by atoms with E-state index in [4.69, 9.17) is 4.42 Å². The standard InChI is InChI=1S/C73H46N2O/c1-2-19-47(20-3-1)49-21-16-22-50(45-49)53-23-5-11-34-66(53)74(52-42-39-48(40-43-52)55-28-17-30-61-59-27-8-15-38-70(59)76-72(55)61)67-35-12-6-24-54(67)51-41-44-57-56-25-4-9-31-62(56)73(65(57)46-51)63-32-10-14-37-69(63)75-68-36-13-7-26-58(68)60-29-18-33-64(73)71(60)75/h1-46H. The molecule has 0 fully saturated rings. The maximum atomic E-state index is 6.57. The zero-order valence-corrected chi connectivity index (χ0v) is 41.4. The van der Waals surface area contributed by atoms with E-state index in [1.807, 2.05) is 6.07 Å². The molecule has 76 heavy (non-hydrogen) atoms. The fourth-order valence-corrected chi connectivity index (χ4v) is 13.2. The van der Waals surface area contributed by atoms with Gasteiger partial charge in [-0.1, -0.05) is 224 Å². The van der Waals surface area contributed by atoms with Crippen LogP contribution in [0.15, 0.2) is 283 Å². The largest absolute Gasteiger partial charge is 0.455 e. The van der Waals surface area contributed by atoms with E-state index in [-0.39, 0.29) is 0 Å². The lowest BCUT2D eigenvalue weighted by molar-refractivity contribution is 0.670. The maximum Gasteiger partial charge on any atom is 0.143 e. The van der Waals surface area contributed by atoms with Crippen LogP contribution in [-0.4, -0.2) is 4.57 Å². The van der Waals surface area contributed by atoms with Gasteiger partial charge in [0, 0.05) is 43.9 Å². The topological polar surface area (TPSA) is 21.3 Å². The molecule has 14 aromatic rings. The van der Waals surface area contributed by atoms with Gasteiger partial charge < -0.3 is 13.9 Å². The highest BCUT2D eigenvalue weighted by Crippen LogP contribution is 2.62. The number of aromatic nitrogens is 1. The number of hydrogen-bond acceptors (Lipinski definition) is 2. The number of furan rings is 1. The second-order valence-electron chi connectivity index (χ2n) is 20.3. The van der Waals surface area contributed by atoms with Crippen LogP contribution in [0, 0.1) is 0 Å². The molecule has 3 nitrogen and oxygen atoms in total. The minimum atomic E-state index is -0.577. The van der Waals surface area contributed by atoms with E-state index in [0.29, 0.717) is 0 Å². The molecule has 1 spiro atoms. The smallest absolute Gasteiger partial charge is 0.143 e. The van der Waals surface area contributed by atoms with Crippen LogP contribution in [-0.2, 0) is 5.41 Å². The normalized spacial score (nSPS) is 14.1. The number of nitrogens with zero attached hydrogens (tertiary/aromatic N) is 2. The first-order chi connectivity index (χ1) is 37.7. The van der Waals surface area contributed by atoms with Crippen molar-refractivity contribution in [1.29, 1.82) is 0 Å². The predicted molar refractivity (Wildman–Crippen MR) is 315 cm³/mol. The van der Waals surface area contributed by atoms with E-state index < -0.39 is 5.41 Å². The van der Waals surface area contributed by atoms with Crippen molar-refractivity contribution in [2.75, 3.05) is 4.90 Å². The van der Waals surface area contributed by atoms with Gasteiger partial charge in [0.25, 0.3) is 0 Å². The Morgan fingerprint density at radius 2 is 0.868 bits per heavy atom. The van der Waals surface area contributed by atoms with Gasteiger partial charge in [0.2, 0.25) is 0 Å². The monoisotopic (exact) mass is 966 g/mol. The molecule has 2 aliphatic rings. The highest BCUT2D eigenvalue weighted by Gasteiger charge is 2.51. The van der Waals surface area contributed by atoms with Crippen LogP contribution < -0.4 is 4.90 Å². The fraction of sp³-hybridized carbons (Fsp3) is 0.0137. The molecule has 1 atom stereocenters. The molecule has 0 N–H and O–H groups in total. The first-order valence-electron chi connectivity index (χ1n) is 26.2. The van der Waals surface area contributed by atoms with Crippen LogP contribution in [0.2, 0.25) is 0 Å². The number of anilines is 3. The summed E-state index contributed by atoms with van der Waals surface area (Å²) in [6, 6.07) is 103. The van der Waals surface area contributed by atoms with Crippen molar-refractivity contribution in [3.63, 3.8) is 0 Å². The quantitative estimate of drug-likeness (QED) is 0.159. The minimum Gasteiger partial charge on any atom is -0.455 e. The van der Waals surface area contributed by atoms with Crippen molar-refractivity contribution < 1.29 is 4.42 Å². The van der Waals surface area contributed by atoms with Gasteiger partial charge >= 0.3 is 0 Å². The van der Waals surface area contributed by atoms with Crippen molar-refractivity contribution >= 4 is 60.8 Å². The van der Waals surface area contributed by atoms with E-state index in [9.17, 15) is 0 Å². The summed E-state index contributed by atoms with van der Waals surface area (Å²) >= 11 is 0. The number of fused-ring (bicyclic) bond motifs is 15. The Hall–Kier alpha value is -9.96. The van der Waals surface area contributed by atoms with Gasteiger partial charge in [-0.3, -0.25) is 0 Å². The Labute approximate surface area is 440 Å². The van der Waals surface area contributed by atoms with Crippen LogP contribution >= 0.6 is 0 Å². The van der Waals surface area contributed by atoms with E-state index in [1.54, 1.807) is 0 Å². The molecular weight excluding hydrogens is 921 g/mol. The zero-order chi connectivity index (χ0) is 49.9. The Morgan fingerprint density at radius 3 is 1.70 bits per heavy atom. The second-order valence-corrected chi connectivity index (χ2v) is 20.3. The maximum absolute atomic E-state index is 6.57. The van der Waals surface area contributed by atoms with Crippen LogP contribution in [0.1, 0.15) is 22.3 Å². The zero-order valence-electron chi connectivity index (χ0n) is 41.4. The third kappa shape index (κ3) is 6.05. The first-order valence-corrected chi connectivity index (χ1v) is 26.2. The van der Waals surface area contributed by atoms with Crippen LogP contribution in [0.3, 0.4) is 0 Å². The van der Waals surface area contributed by atoms with Crippen molar-refractivity contribution in [1.82, 2.24) is 4.57 Å². The molecule has 12 aromatic carbocycles. The van der Waals surface area contributed by atoms with Gasteiger partial charge in [-0.05, 0) is 116 Å². The number of hydrogen-bond donors (Lipinski definition) is 0.